The van der Waals surface area contributed by atoms with Gasteiger partial charge in [-0.25, -0.2) is 19.2 Å². The summed E-state index contributed by atoms with van der Waals surface area (Å²) >= 11 is 0. The summed E-state index contributed by atoms with van der Waals surface area (Å²) in [6.07, 6.45) is 0. The molecule has 3 aromatic carbocycles. The summed E-state index contributed by atoms with van der Waals surface area (Å²) in [4.78, 5) is 47.8. The van der Waals surface area contributed by atoms with Crippen LogP contribution in [0.5, 0.6) is 11.5 Å². The second kappa shape index (κ2) is 13.7. The summed E-state index contributed by atoms with van der Waals surface area (Å²) in [5, 5.41) is 0. The molecular formula is C33H30O8. The minimum atomic E-state index is -0.604. The Kier molecular flexibility index (Phi) is 10.1. The van der Waals surface area contributed by atoms with E-state index in [4.69, 9.17) is 18.9 Å². The third-order valence-corrected chi connectivity index (χ3v) is 5.57. The van der Waals surface area contributed by atoms with Crippen molar-refractivity contribution in [3.63, 3.8) is 0 Å². The van der Waals surface area contributed by atoms with E-state index in [0.29, 0.717) is 11.1 Å². The molecule has 210 valence electrons. The summed E-state index contributed by atoms with van der Waals surface area (Å²) in [5.41, 5.74) is 4.26. The normalized spacial score (nSPS) is 10.2. The van der Waals surface area contributed by atoms with Gasteiger partial charge in [0, 0.05) is 22.8 Å². The van der Waals surface area contributed by atoms with Crippen molar-refractivity contribution in [3.05, 3.63) is 109 Å². The molecule has 0 spiro atoms. The predicted octanol–water partition coefficient (Wildman–Crippen LogP) is 6.26. The van der Waals surface area contributed by atoms with E-state index in [0.717, 1.165) is 16.7 Å². The molecule has 3 rings (SSSR count). The molecule has 8 heteroatoms. The minimum absolute atomic E-state index is 0.0566. The lowest BCUT2D eigenvalue weighted by Gasteiger charge is -2.12. The quantitative estimate of drug-likeness (QED) is 0.118. The van der Waals surface area contributed by atoms with Crippen molar-refractivity contribution >= 4 is 23.9 Å². The molecule has 0 bridgehead atoms. The zero-order valence-corrected chi connectivity index (χ0v) is 23.2. The zero-order valence-electron chi connectivity index (χ0n) is 23.2. The highest BCUT2D eigenvalue weighted by molar-refractivity contribution is 5.91. The molecule has 0 atom stereocenters. The van der Waals surface area contributed by atoms with Crippen LogP contribution in [-0.4, -0.2) is 37.1 Å². The van der Waals surface area contributed by atoms with Crippen molar-refractivity contribution in [2.45, 2.75) is 20.8 Å². The smallest absolute Gasteiger partial charge is 0.338 e. The van der Waals surface area contributed by atoms with E-state index in [1.807, 2.05) is 24.3 Å². The molecule has 0 amide bonds. The molecule has 0 aliphatic carbocycles. The van der Waals surface area contributed by atoms with E-state index in [9.17, 15) is 19.2 Å². The number of esters is 4. The first-order chi connectivity index (χ1) is 19.4. The fourth-order valence-corrected chi connectivity index (χ4v) is 3.37. The standard InChI is InChI=1S/C33H30O8/c1-20(2)30(34)38-15-16-39-33(37)26-13-11-24(12-14-26)23-7-9-25(10-8-23)27-17-28(40-31(35)21(3)4)19-29(18-27)41-32(36)22(5)6/h7-14,17-19H,1,3,5,15-16H2,2,4,6H3. The second-order valence-corrected chi connectivity index (χ2v) is 9.24. The molecule has 3 aromatic rings. The van der Waals surface area contributed by atoms with Crippen molar-refractivity contribution in [3.8, 4) is 33.8 Å². The third-order valence-electron chi connectivity index (χ3n) is 5.57. The number of benzene rings is 3. The fraction of sp³-hybridized carbons (Fsp3) is 0.152. The van der Waals surface area contributed by atoms with Gasteiger partial charge in [-0.1, -0.05) is 56.1 Å². The first-order valence-corrected chi connectivity index (χ1v) is 12.6. The van der Waals surface area contributed by atoms with Gasteiger partial charge in [-0.3, -0.25) is 0 Å². The van der Waals surface area contributed by atoms with Crippen LogP contribution < -0.4 is 9.47 Å². The number of carbonyl (C=O) groups excluding carboxylic acids is 4. The number of rotatable bonds is 11. The van der Waals surface area contributed by atoms with Gasteiger partial charge in [0.15, 0.2) is 0 Å². The van der Waals surface area contributed by atoms with E-state index < -0.39 is 23.9 Å². The summed E-state index contributed by atoms with van der Waals surface area (Å²) in [7, 11) is 0. The van der Waals surface area contributed by atoms with Crippen LogP contribution in [0.3, 0.4) is 0 Å². The summed E-state index contributed by atoms with van der Waals surface area (Å²) < 4.78 is 20.8. The van der Waals surface area contributed by atoms with Crippen molar-refractivity contribution < 1.29 is 38.1 Å². The molecule has 0 aliphatic rings. The first-order valence-electron chi connectivity index (χ1n) is 12.6. The molecular weight excluding hydrogens is 524 g/mol. The van der Waals surface area contributed by atoms with Gasteiger partial charge >= 0.3 is 23.9 Å². The Bertz CT molecular complexity index is 1470. The van der Waals surface area contributed by atoms with Crippen molar-refractivity contribution in [1.29, 1.82) is 0 Å². The van der Waals surface area contributed by atoms with Crippen LogP contribution in [0.4, 0.5) is 0 Å². The van der Waals surface area contributed by atoms with Gasteiger partial charge in [0.1, 0.15) is 24.7 Å². The van der Waals surface area contributed by atoms with Crippen molar-refractivity contribution in [1.82, 2.24) is 0 Å². The molecule has 0 fully saturated rings. The predicted molar refractivity (Wildman–Crippen MR) is 154 cm³/mol. The number of ether oxygens (including phenoxy) is 4. The monoisotopic (exact) mass is 554 g/mol. The van der Waals surface area contributed by atoms with E-state index in [-0.39, 0.29) is 41.4 Å². The third kappa shape index (κ3) is 8.63. The van der Waals surface area contributed by atoms with Crippen LogP contribution in [0.2, 0.25) is 0 Å². The van der Waals surface area contributed by atoms with Gasteiger partial charge in [0.2, 0.25) is 0 Å². The topological polar surface area (TPSA) is 105 Å². The van der Waals surface area contributed by atoms with E-state index in [2.05, 4.69) is 19.7 Å². The zero-order chi connectivity index (χ0) is 30.1. The van der Waals surface area contributed by atoms with Crippen LogP contribution in [0.25, 0.3) is 22.3 Å². The van der Waals surface area contributed by atoms with Gasteiger partial charge in [-0.15, -0.1) is 0 Å². The molecule has 8 nitrogen and oxygen atoms in total. The molecule has 0 saturated heterocycles. The number of carbonyl (C=O) groups is 4. The highest BCUT2D eigenvalue weighted by atomic mass is 16.6. The average Bonchev–Trinajstić information content (AvgIpc) is 2.94. The molecule has 0 N–H and O–H groups in total. The van der Waals surface area contributed by atoms with Crippen LogP contribution in [-0.2, 0) is 23.9 Å². The van der Waals surface area contributed by atoms with Crippen LogP contribution >= 0.6 is 0 Å². The lowest BCUT2D eigenvalue weighted by atomic mass is 9.99. The molecule has 0 heterocycles. The number of hydrogen-bond acceptors (Lipinski definition) is 8. The maximum absolute atomic E-state index is 12.3. The van der Waals surface area contributed by atoms with Crippen LogP contribution in [0.15, 0.2) is 103 Å². The summed E-state index contributed by atoms with van der Waals surface area (Å²) in [5.74, 6) is -1.89. The van der Waals surface area contributed by atoms with Crippen LogP contribution in [0.1, 0.15) is 31.1 Å². The van der Waals surface area contributed by atoms with Gasteiger partial charge in [0.05, 0.1) is 5.56 Å². The molecule has 0 radical (unpaired) electrons. The Morgan fingerprint density at radius 1 is 0.537 bits per heavy atom. The lowest BCUT2D eigenvalue weighted by molar-refractivity contribution is -0.140. The van der Waals surface area contributed by atoms with E-state index in [1.54, 1.807) is 36.4 Å². The minimum Gasteiger partial charge on any atom is -0.459 e. The Labute approximate surface area is 238 Å². The summed E-state index contributed by atoms with van der Waals surface area (Å²) in [6, 6.07) is 19.2. The molecule has 0 saturated carbocycles. The molecule has 0 aliphatic heterocycles. The fourth-order valence-electron chi connectivity index (χ4n) is 3.37. The maximum atomic E-state index is 12.3. The Morgan fingerprint density at radius 2 is 0.927 bits per heavy atom. The van der Waals surface area contributed by atoms with Gasteiger partial charge in [-0.05, 0) is 67.3 Å². The van der Waals surface area contributed by atoms with E-state index in [1.165, 1.54) is 26.8 Å². The molecule has 0 aromatic heterocycles. The van der Waals surface area contributed by atoms with Gasteiger partial charge < -0.3 is 18.9 Å². The highest BCUT2D eigenvalue weighted by Crippen LogP contribution is 2.32. The number of hydrogen-bond donors (Lipinski definition) is 0. The Balaban J connectivity index is 1.74. The Morgan fingerprint density at radius 3 is 1.37 bits per heavy atom. The average molecular weight is 555 g/mol. The SMILES string of the molecule is C=C(C)C(=O)OCCOC(=O)c1ccc(-c2ccc(-c3cc(OC(=O)C(=C)C)cc(OC(=O)C(=C)C)c3)cc2)cc1. The lowest BCUT2D eigenvalue weighted by Crippen LogP contribution is -2.14. The Hall–Kier alpha value is -5.24. The second-order valence-electron chi connectivity index (χ2n) is 9.24. The first kappa shape index (κ1) is 30.3. The summed E-state index contributed by atoms with van der Waals surface area (Å²) in [6.45, 7) is 15.1. The van der Waals surface area contributed by atoms with E-state index >= 15 is 0 Å². The van der Waals surface area contributed by atoms with Crippen LogP contribution in [0, 0.1) is 0 Å². The molecule has 0 unspecified atom stereocenters. The largest absolute Gasteiger partial charge is 0.459 e. The highest BCUT2D eigenvalue weighted by Gasteiger charge is 2.14. The van der Waals surface area contributed by atoms with Crippen molar-refractivity contribution in [2.24, 2.45) is 0 Å². The molecule has 41 heavy (non-hydrogen) atoms. The maximum Gasteiger partial charge on any atom is 0.338 e. The van der Waals surface area contributed by atoms with Gasteiger partial charge in [0.25, 0.3) is 0 Å². The van der Waals surface area contributed by atoms with Gasteiger partial charge in [-0.2, -0.15) is 0 Å². The van der Waals surface area contributed by atoms with Crippen molar-refractivity contribution in [2.75, 3.05) is 13.2 Å².